The summed E-state index contributed by atoms with van der Waals surface area (Å²) in [5.41, 5.74) is 1.49. The first-order valence-corrected chi connectivity index (χ1v) is 11.9. The van der Waals surface area contributed by atoms with Crippen molar-refractivity contribution >= 4 is 35.2 Å². The van der Waals surface area contributed by atoms with Gasteiger partial charge in [0.15, 0.2) is 0 Å². The van der Waals surface area contributed by atoms with Gasteiger partial charge in [-0.1, -0.05) is 0 Å². The van der Waals surface area contributed by atoms with E-state index in [1.807, 2.05) is 0 Å². The van der Waals surface area contributed by atoms with Crippen LogP contribution in [0.4, 0.5) is 0 Å². The third kappa shape index (κ3) is 4.28. The van der Waals surface area contributed by atoms with Gasteiger partial charge in [-0.3, -0.25) is 0 Å². The maximum atomic E-state index is 2.30. The summed E-state index contributed by atoms with van der Waals surface area (Å²) in [4.78, 5) is 2.24. The quantitative estimate of drug-likeness (QED) is 0.712. The zero-order valence-corrected chi connectivity index (χ0v) is 14.1. The SMILES string of the molecule is CN(C)Cc1ccccc1[Se][Se]c1ccccc1. The van der Waals surface area contributed by atoms with Crippen LogP contribution in [0.1, 0.15) is 5.56 Å². The van der Waals surface area contributed by atoms with Crippen LogP contribution >= 0.6 is 0 Å². The fourth-order valence-electron chi connectivity index (χ4n) is 1.63. The molecule has 0 N–H and O–H groups in total. The maximum absolute atomic E-state index is 2.30. The Hall–Kier alpha value is -0.561. The summed E-state index contributed by atoms with van der Waals surface area (Å²) in [6.45, 7) is 1.04. The second kappa shape index (κ2) is 7.13. The molecule has 2 rings (SSSR count). The molecule has 0 bridgehead atoms. The second-order valence-electron chi connectivity index (χ2n) is 4.33. The van der Waals surface area contributed by atoms with Crippen LogP contribution in [0.3, 0.4) is 0 Å². The van der Waals surface area contributed by atoms with Gasteiger partial charge in [-0.15, -0.1) is 0 Å². The summed E-state index contributed by atoms with van der Waals surface area (Å²) in [7, 11) is 4.26. The van der Waals surface area contributed by atoms with E-state index in [4.69, 9.17) is 0 Å². The number of hydrogen-bond acceptors (Lipinski definition) is 1. The molecule has 0 atom stereocenters. The van der Waals surface area contributed by atoms with Crippen LogP contribution in [-0.4, -0.2) is 45.3 Å². The van der Waals surface area contributed by atoms with Gasteiger partial charge in [-0.05, 0) is 0 Å². The summed E-state index contributed by atoms with van der Waals surface area (Å²) >= 11 is 1.18. The van der Waals surface area contributed by atoms with Crippen LogP contribution in [0.25, 0.3) is 0 Å². The average Bonchev–Trinajstić information content (AvgIpc) is 2.38. The Morgan fingerprint density at radius 2 is 1.50 bits per heavy atom. The molecule has 0 fully saturated rings. The van der Waals surface area contributed by atoms with E-state index in [-0.39, 0.29) is 0 Å². The molecule has 0 saturated carbocycles. The molecule has 0 spiro atoms. The fraction of sp³-hybridized carbons (Fsp3) is 0.200. The molecule has 0 aliphatic carbocycles. The molecular formula is C15H17NSe2. The summed E-state index contributed by atoms with van der Waals surface area (Å²) in [5.74, 6) is 0. The summed E-state index contributed by atoms with van der Waals surface area (Å²) in [5, 5.41) is 0. The van der Waals surface area contributed by atoms with Gasteiger partial charge in [0.25, 0.3) is 0 Å². The van der Waals surface area contributed by atoms with Gasteiger partial charge in [-0.2, -0.15) is 0 Å². The van der Waals surface area contributed by atoms with E-state index < -0.39 is 0 Å². The normalized spacial score (nSPS) is 10.8. The molecular weight excluding hydrogens is 352 g/mol. The van der Waals surface area contributed by atoms with E-state index in [1.54, 1.807) is 4.46 Å². The van der Waals surface area contributed by atoms with E-state index >= 15 is 0 Å². The molecule has 0 heterocycles. The number of hydrogen-bond donors (Lipinski definition) is 0. The molecule has 0 saturated heterocycles. The van der Waals surface area contributed by atoms with Gasteiger partial charge in [0.1, 0.15) is 0 Å². The first kappa shape index (κ1) is 13.9. The Morgan fingerprint density at radius 1 is 0.833 bits per heavy atom. The molecule has 0 aliphatic rings. The van der Waals surface area contributed by atoms with Crippen LogP contribution in [-0.2, 0) is 6.54 Å². The topological polar surface area (TPSA) is 3.24 Å². The van der Waals surface area contributed by atoms with Crippen LogP contribution in [0.2, 0.25) is 0 Å². The molecule has 3 heteroatoms. The van der Waals surface area contributed by atoms with E-state index in [1.165, 1.54) is 10.0 Å². The average molecular weight is 369 g/mol. The predicted molar refractivity (Wildman–Crippen MR) is 81.1 cm³/mol. The Balaban J connectivity index is 2.05. The summed E-state index contributed by atoms with van der Waals surface area (Å²) < 4.78 is 3.06. The van der Waals surface area contributed by atoms with Crippen molar-refractivity contribution in [3.05, 3.63) is 60.2 Å². The number of nitrogens with zero attached hydrogens (tertiary/aromatic N) is 1. The van der Waals surface area contributed by atoms with Crippen LogP contribution < -0.4 is 8.92 Å². The molecule has 2 aromatic rings. The fourth-order valence-corrected chi connectivity index (χ4v) is 8.37. The minimum absolute atomic E-state index is 0.584. The molecule has 1 nitrogen and oxygen atoms in total. The monoisotopic (exact) mass is 371 g/mol. The Kier molecular flexibility index (Phi) is 5.49. The van der Waals surface area contributed by atoms with Gasteiger partial charge in [0.05, 0.1) is 0 Å². The van der Waals surface area contributed by atoms with Gasteiger partial charge < -0.3 is 0 Å². The molecule has 2 aromatic carbocycles. The van der Waals surface area contributed by atoms with Gasteiger partial charge in [0, 0.05) is 0 Å². The van der Waals surface area contributed by atoms with Crippen molar-refractivity contribution in [3.8, 4) is 0 Å². The molecule has 0 unspecified atom stereocenters. The summed E-state index contributed by atoms with van der Waals surface area (Å²) in [6.07, 6.45) is 0. The van der Waals surface area contributed by atoms with Gasteiger partial charge in [0.2, 0.25) is 0 Å². The van der Waals surface area contributed by atoms with Crippen LogP contribution in [0.15, 0.2) is 54.6 Å². The third-order valence-corrected chi connectivity index (χ3v) is 9.76. The van der Waals surface area contributed by atoms with Crippen LogP contribution in [0, 0.1) is 0 Å². The minimum atomic E-state index is 0.584. The standard InChI is InChI=1S/C15H17NSe2/c1-16(2)12-13-8-6-7-11-15(13)18-17-14-9-4-3-5-10-14/h3-11H,12H2,1-2H3. The van der Waals surface area contributed by atoms with Crippen molar-refractivity contribution < 1.29 is 0 Å². The number of benzene rings is 2. The van der Waals surface area contributed by atoms with Crippen molar-refractivity contribution in [2.24, 2.45) is 0 Å². The Bertz CT molecular complexity index is 483. The Morgan fingerprint density at radius 3 is 2.22 bits per heavy atom. The third-order valence-electron chi connectivity index (χ3n) is 2.43. The summed E-state index contributed by atoms with van der Waals surface area (Å²) in [6, 6.07) is 19.7. The van der Waals surface area contributed by atoms with Gasteiger partial charge in [-0.25, -0.2) is 0 Å². The van der Waals surface area contributed by atoms with Gasteiger partial charge >= 0.3 is 121 Å². The predicted octanol–water partition coefficient (Wildman–Crippen LogP) is 1.02. The zero-order chi connectivity index (χ0) is 12.8. The van der Waals surface area contributed by atoms with Crippen molar-refractivity contribution in [3.63, 3.8) is 0 Å². The number of rotatable bonds is 5. The van der Waals surface area contributed by atoms with E-state index in [0.717, 1.165) is 6.54 Å². The first-order chi connectivity index (χ1) is 8.75. The molecule has 94 valence electrons. The Labute approximate surface area is 120 Å². The zero-order valence-electron chi connectivity index (χ0n) is 10.7. The molecule has 18 heavy (non-hydrogen) atoms. The van der Waals surface area contributed by atoms with Crippen molar-refractivity contribution in [2.75, 3.05) is 14.1 Å². The van der Waals surface area contributed by atoms with Crippen molar-refractivity contribution in [2.45, 2.75) is 6.54 Å². The molecule has 0 aromatic heterocycles. The second-order valence-corrected chi connectivity index (χ2v) is 10.6. The molecule has 0 amide bonds. The van der Waals surface area contributed by atoms with Crippen molar-refractivity contribution in [1.29, 1.82) is 0 Å². The molecule has 0 radical (unpaired) electrons. The van der Waals surface area contributed by atoms with E-state index in [9.17, 15) is 0 Å². The van der Waals surface area contributed by atoms with E-state index in [0.29, 0.717) is 26.3 Å². The first-order valence-electron chi connectivity index (χ1n) is 5.88. The molecule has 0 aliphatic heterocycles. The van der Waals surface area contributed by atoms with E-state index in [2.05, 4.69) is 73.6 Å². The van der Waals surface area contributed by atoms with Crippen molar-refractivity contribution in [1.82, 2.24) is 4.90 Å². The van der Waals surface area contributed by atoms with Crippen LogP contribution in [0.5, 0.6) is 0 Å².